The molecule has 3 N–H and O–H groups in total. The van der Waals surface area contributed by atoms with Crippen molar-refractivity contribution in [2.24, 2.45) is 5.73 Å². The quantitative estimate of drug-likeness (QED) is 0.724. The zero-order valence-electron chi connectivity index (χ0n) is 11.2. The van der Waals surface area contributed by atoms with Crippen molar-refractivity contribution in [3.63, 3.8) is 0 Å². The van der Waals surface area contributed by atoms with Gasteiger partial charge < -0.3 is 15.7 Å². The van der Waals surface area contributed by atoms with E-state index in [0.29, 0.717) is 26.1 Å². The topological polar surface area (TPSA) is 86.9 Å². The van der Waals surface area contributed by atoms with Crippen molar-refractivity contribution in [1.29, 1.82) is 0 Å². The zero-order chi connectivity index (χ0) is 13.8. The first-order valence-corrected chi connectivity index (χ1v) is 6.29. The molecule has 0 unspecified atom stereocenters. The number of carboxylic acid groups (broad SMARTS) is 1. The van der Waals surface area contributed by atoms with Crippen molar-refractivity contribution in [2.75, 3.05) is 32.7 Å². The van der Waals surface area contributed by atoms with Crippen molar-refractivity contribution in [3.8, 4) is 0 Å². The van der Waals surface area contributed by atoms with Gasteiger partial charge >= 0.3 is 5.97 Å². The Kier molecular flexibility index (Phi) is 5.10. The molecule has 0 atom stereocenters. The summed E-state index contributed by atoms with van der Waals surface area (Å²) < 4.78 is 0. The van der Waals surface area contributed by atoms with Crippen LogP contribution in [-0.2, 0) is 9.59 Å². The van der Waals surface area contributed by atoms with Gasteiger partial charge in [0.25, 0.3) is 0 Å². The molecule has 104 valence electrons. The van der Waals surface area contributed by atoms with Gasteiger partial charge in [-0.15, -0.1) is 0 Å². The number of rotatable bonds is 4. The fraction of sp³-hybridized carbons (Fsp3) is 0.833. The van der Waals surface area contributed by atoms with Crippen molar-refractivity contribution < 1.29 is 14.7 Å². The third kappa shape index (κ3) is 5.46. The molecule has 0 aromatic heterocycles. The molecule has 0 aliphatic carbocycles. The van der Waals surface area contributed by atoms with Crippen LogP contribution in [0.25, 0.3) is 0 Å². The minimum absolute atomic E-state index is 0.0460. The SMILES string of the molecule is CC(C)(N)CC(=O)N1CCCN(CC(=O)O)CC1. The number of hydrogen-bond donors (Lipinski definition) is 2. The summed E-state index contributed by atoms with van der Waals surface area (Å²) in [6.45, 7) is 6.32. The lowest BCUT2D eigenvalue weighted by molar-refractivity contribution is -0.138. The molecule has 1 aliphatic rings. The molecular weight excluding hydrogens is 234 g/mol. The molecule has 1 amide bonds. The van der Waals surface area contributed by atoms with E-state index in [1.165, 1.54) is 0 Å². The molecule has 0 bridgehead atoms. The minimum Gasteiger partial charge on any atom is -0.480 e. The third-order valence-corrected chi connectivity index (χ3v) is 2.91. The first-order chi connectivity index (χ1) is 8.28. The van der Waals surface area contributed by atoms with Gasteiger partial charge in [-0.05, 0) is 20.3 Å². The smallest absolute Gasteiger partial charge is 0.317 e. The van der Waals surface area contributed by atoms with Gasteiger partial charge in [-0.1, -0.05) is 0 Å². The second-order valence-electron chi connectivity index (χ2n) is 5.57. The molecule has 0 saturated carbocycles. The number of amides is 1. The second-order valence-corrected chi connectivity index (χ2v) is 5.57. The van der Waals surface area contributed by atoms with Crippen LogP contribution in [0.1, 0.15) is 26.7 Å². The highest BCUT2D eigenvalue weighted by Gasteiger charge is 2.24. The Balaban J connectivity index is 2.46. The molecule has 0 aromatic carbocycles. The fourth-order valence-electron chi connectivity index (χ4n) is 2.07. The molecule has 1 fully saturated rings. The van der Waals surface area contributed by atoms with E-state index in [-0.39, 0.29) is 12.5 Å². The molecule has 0 spiro atoms. The average molecular weight is 257 g/mol. The van der Waals surface area contributed by atoms with E-state index in [9.17, 15) is 9.59 Å². The highest BCUT2D eigenvalue weighted by Crippen LogP contribution is 2.10. The van der Waals surface area contributed by atoms with E-state index in [2.05, 4.69) is 0 Å². The predicted molar refractivity (Wildman–Crippen MR) is 68.2 cm³/mol. The van der Waals surface area contributed by atoms with Crippen LogP contribution in [0.3, 0.4) is 0 Å². The molecule has 18 heavy (non-hydrogen) atoms. The molecule has 1 aliphatic heterocycles. The number of carbonyl (C=O) groups excluding carboxylic acids is 1. The van der Waals surface area contributed by atoms with E-state index in [4.69, 9.17) is 10.8 Å². The summed E-state index contributed by atoms with van der Waals surface area (Å²) in [7, 11) is 0. The van der Waals surface area contributed by atoms with Crippen LogP contribution in [0.4, 0.5) is 0 Å². The summed E-state index contributed by atoms with van der Waals surface area (Å²) in [5, 5.41) is 8.75. The van der Waals surface area contributed by atoms with E-state index in [1.807, 2.05) is 18.7 Å². The molecule has 0 aromatic rings. The normalized spacial score (nSPS) is 18.5. The maximum Gasteiger partial charge on any atom is 0.317 e. The van der Waals surface area contributed by atoms with Gasteiger partial charge in [-0.3, -0.25) is 14.5 Å². The first kappa shape index (κ1) is 14.9. The van der Waals surface area contributed by atoms with Crippen LogP contribution in [0.5, 0.6) is 0 Å². The Morgan fingerprint density at radius 1 is 1.22 bits per heavy atom. The van der Waals surface area contributed by atoms with Gasteiger partial charge in [0.1, 0.15) is 0 Å². The van der Waals surface area contributed by atoms with Crippen molar-refractivity contribution >= 4 is 11.9 Å². The van der Waals surface area contributed by atoms with Crippen LogP contribution in [-0.4, -0.2) is 65.0 Å². The highest BCUT2D eigenvalue weighted by atomic mass is 16.4. The van der Waals surface area contributed by atoms with E-state index < -0.39 is 11.5 Å². The summed E-state index contributed by atoms with van der Waals surface area (Å²) in [4.78, 5) is 26.3. The standard InChI is InChI=1S/C12H23N3O3/c1-12(2,13)8-10(16)15-5-3-4-14(6-7-15)9-11(17)18/h3-9,13H2,1-2H3,(H,17,18). The lowest BCUT2D eigenvalue weighted by atomic mass is 10.0. The van der Waals surface area contributed by atoms with E-state index in [0.717, 1.165) is 13.0 Å². The summed E-state index contributed by atoms with van der Waals surface area (Å²) >= 11 is 0. The molecular formula is C12H23N3O3. The maximum atomic E-state index is 12.0. The average Bonchev–Trinajstić information content (AvgIpc) is 2.39. The lowest BCUT2D eigenvalue weighted by Gasteiger charge is -2.25. The van der Waals surface area contributed by atoms with Gasteiger partial charge in [-0.25, -0.2) is 0 Å². The Morgan fingerprint density at radius 2 is 1.89 bits per heavy atom. The minimum atomic E-state index is -0.821. The Bertz CT molecular complexity index is 312. The van der Waals surface area contributed by atoms with Crippen molar-refractivity contribution in [1.82, 2.24) is 9.80 Å². The summed E-state index contributed by atoms with van der Waals surface area (Å²) in [5.74, 6) is -0.766. The molecule has 6 heteroatoms. The van der Waals surface area contributed by atoms with Crippen LogP contribution >= 0.6 is 0 Å². The largest absolute Gasteiger partial charge is 0.480 e. The number of aliphatic carboxylic acids is 1. The van der Waals surface area contributed by atoms with Gasteiger partial charge in [0.05, 0.1) is 6.54 Å². The Morgan fingerprint density at radius 3 is 2.44 bits per heavy atom. The molecule has 6 nitrogen and oxygen atoms in total. The van der Waals surface area contributed by atoms with Gasteiger partial charge in [-0.2, -0.15) is 0 Å². The summed E-state index contributed by atoms with van der Waals surface area (Å²) in [6, 6.07) is 0. The molecule has 1 heterocycles. The number of nitrogens with zero attached hydrogens (tertiary/aromatic N) is 2. The lowest BCUT2D eigenvalue weighted by Crippen LogP contribution is -2.42. The van der Waals surface area contributed by atoms with Crippen molar-refractivity contribution in [3.05, 3.63) is 0 Å². The van der Waals surface area contributed by atoms with E-state index in [1.54, 1.807) is 4.90 Å². The van der Waals surface area contributed by atoms with Crippen LogP contribution in [0.2, 0.25) is 0 Å². The van der Waals surface area contributed by atoms with Crippen LogP contribution in [0, 0.1) is 0 Å². The number of nitrogens with two attached hydrogens (primary N) is 1. The first-order valence-electron chi connectivity index (χ1n) is 6.29. The monoisotopic (exact) mass is 257 g/mol. The van der Waals surface area contributed by atoms with E-state index >= 15 is 0 Å². The van der Waals surface area contributed by atoms with Gasteiger partial charge in [0.15, 0.2) is 0 Å². The van der Waals surface area contributed by atoms with Crippen LogP contribution < -0.4 is 5.73 Å². The highest BCUT2D eigenvalue weighted by molar-refractivity contribution is 5.77. The maximum absolute atomic E-state index is 12.0. The molecule has 1 saturated heterocycles. The second kappa shape index (κ2) is 6.15. The van der Waals surface area contributed by atoms with Gasteiger partial charge in [0, 0.05) is 38.1 Å². The third-order valence-electron chi connectivity index (χ3n) is 2.91. The fourth-order valence-corrected chi connectivity index (χ4v) is 2.07. The molecule has 1 rings (SSSR count). The van der Waals surface area contributed by atoms with Crippen LogP contribution in [0.15, 0.2) is 0 Å². The Labute approximate surface area is 108 Å². The Hall–Kier alpha value is -1.14. The summed E-state index contributed by atoms with van der Waals surface area (Å²) in [6.07, 6.45) is 1.13. The van der Waals surface area contributed by atoms with Gasteiger partial charge in [0.2, 0.25) is 5.91 Å². The van der Waals surface area contributed by atoms with Crippen molar-refractivity contribution in [2.45, 2.75) is 32.2 Å². The molecule has 0 radical (unpaired) electrons. The zero-order valence-corrected chi connectivity index (χ0v) is 11.2. The number of carboxylic acids is 1. The number of carbonyl (C=O) groups is 2. The number of hydrogen-bond acceptors (Lipinski definition) is 4. The summed E-state index contributed by atoms with van der Waals surface area (Å²) in [5.41, 5.74) is 5.34. The predicted octanol–water partition coefficient (Wildman–Crippen LogP) is -0.267.